The molecule has 1 atom stereocenters. The summed E-state index contributed by atoms with van der Waals surface area (Å²) in [6, 6.07) is 4.82. The van der Waals surface area contributed by atoms with Gasteiger partial charge in [-0.1, -0.05) is 26.0 Å². The van der Waals surface area contributed by atoms with Gasteiger partial charge in [-0.3, -0.25) is 4.79 Å². The van der Waals surface area contributed by atoms with Gasteiger partial charge < -0.3 is 10.1 Å². The molecule has 0 spiro atoms. The summed E-state index contributed by atoms with van der Waals surface area (Å²) in [5.74, 6) is -1.95. The van der Waals surface area contributed by atoms with Crippen LogP contribution in [0.5, 0.6) is 0 Å². The molecule has 0 fully saturated rings. The number of ether oxygens (including phenoxy) is 1. The highest BCUT2D eigenvalue weighted by molar-refractivity contribution is 5.97. The maximum atomic E-state index is 13.6. The summed E-state index contributed by atoms with van der Waals surface area (Å²) in [6.45, 7) is 8.83. The van der Waals surface area contributed by atoms with E-state index in [9.17, 15) is 14.0 Å². The van der Waals surface area contributed by atoms with Crippen LogP contribution < -0.4 is 5.32 Å². The standard InChI is InChI=1S/C16H22FNO3/c1-10(2)13(15(20)21-16(3,4)5)18-14(19)11-8-6-7-9-12(11)17/h6-10,13H,1-5H3,(H,18,19)/t13-/m0/s1. The van der Waals surface area contributed by atoms with Crippen molar-refractivity contribution in [3.8, 4) is 0 Å². The van der Waals surface area contributed by atoms with Crippen molar-refractivity contribution < 1.29 is 18.7 Å². The predicted octanol–water partition coefficient (Wildman–Crippen LogP) is 2.92. The molecule has 0 radical (unpaired) electrons. The molecular weight excluding hydrogens is 273 g/mol. The summed E-state index contributed by atoms with van der Waals surface area (Å²) >= 11 is 0. The molecule has 0 aliphatic carbocycles. The molecule has 4 nitrogen and oxygen atoms in total. The Kier molecular flexibility index (Phi) is 5.47. The van der Waals surface area contributed by atoms with Gasteiger partial charge in [0.25, 0.3) is 5.91 Å². The molecule has 0 unspecified atom stereocenters. The van der Waals surface area contributed by atoms with Gasteiger partial charge in [0.2, 0.25) is 0 Å². The molecule has 1 N–H and O–H groups in total. The van der Waals surface area contributed by atoms with Gasteiger partial charge >= 0.3 is 5.97 Å². The fourth-order valence-corrected chi connectivity index (χ4v) is 1.73. The summed E-state index contributed by atoms with van der Waals surface area (Å²) in [6.07, 6.45) is 0. The van der Waals surface area contributed by atoms with Crippen LogP contribution in [0.1, 0.15) is 45.0 Å². The topological polar surface area (TPSA) is 55.4 Å². The van der Waals surface area contributed by atoms with E-state index in [1.165, 1.54) is 18.2 Å². The fraction of sp³-hybridized carbons (Fsp3) is 0.500. The number of hydrogen-bond acceptors (Lipinski definition) is 3. The highest BCUT2D eigenvalue weighted by Crippen LogP contribution is 2.14. The second kappa shape index (κ2) is 6.70. The normalized spacial score (nSPS) is 12.9. The molecule has 21 heavy (non-hydrogen) atoms. The number of hydrogen-bond donors (Lipinski definition) is 1. The molecule has 116 valence electrons. The third-order valence-corrected chi connectivity index (χ3v) is 2.73. The minimum absolute atomic E-state index is 0.0910. The second-order valence-corrected chi connectivity index (χ2v) is 6.21. The van der Waals surface area contributed by atoms with Crippen LogP contribution in [0, 0.1) is 11.7 Å². The number of nitrogens with one attached hydrogen (secondary N) is 1. The van der Waals surface area contributed by atoms with Crippen LogP contribution >= 0.6 is 0 Å². The van der Waals surface area contributed by atoms with Crippen molar-refractivity contribution in [2.45, 2.75) is 46.3 Å². The van der Waals surface area contributed by atoms with Gasteiger partial charge in [0.05, 0.1) is 5.56 Å². The zero-order chi connectivity index (χ0) is 16.2. The number of benzene rings is 1. The van der Waals surface area contributed by atoms with Gasteiger partial charge in [-0.2, -0.15) is 0 Å². The molecule has 0 bridgehead atoms. The predicted molar refractivity (Wildman–Crippen MR) is 78.3 cm³/mol. The number of rotatable bonds is 4. The van der Waals surface area contributed by atoms with Crippen LogP contribution in [-0.4, -0.2) is 23.5 Å². The lowest BCUT2D eigenvalue weighted by Gasteiger charge is -2.26. The molecular formula is C16H22FNO3. The molecule has 1 aromatic carbocycles. The lowest BCUT2D eigenvalue weighted by atomic mass is 10.0. The number of amides is 1. The summed E-state index contributed by atoms with van der Waals surface area (Å²) in [7, 11) is 0. The molecule has 1 aromatic rings. The Balaban J connectivity index is 2.87. The summed E-state index contributed by atoms with van der Waals surface area (Å²) in [4.78, 5) is 24.2. The smallest absolute Gasteiger partial charge is 0.329 e. The van der Waals surface area contributed by atoms with Crippen molar-refractivity contribution in [2.75, 3.05) is 0 Å². The largest absolute Gasteiger partial charge is 0.458 e. The van der Waals surface area contributed by atoms with Crippen LogP contribution in [0.4, 0.5) is 4.39 Å². The number of esters is 1. The summed E-state index contributed by atoms with van der Waals surface area (Å²) < 4.78 is 18.9. The average Bonchev–Trinajstić information content (AvgIpc) is 2.33. The van der Waals surface area contributed by atoms with E-state index >= 15 is 0 Å². The van der Waals surface area contributed by atoms with Gasteiger partial charge in [-0.05, 0) is 38.8 Å². The van der Waals surface area contributed by atoms with Crippen molar-refractivity contribution in [3.05, 3.63) is 35.6 Å². The molecule has 0 saturated carbocycles. The molecule has 1 rings (SSSR count). The van der Waals surface area contributed by atoms with Crippen molar-refractivity contribution in [2.24, 2.45) is 5.92 Å². The first-order valence-corrected chi connectivity index (χ1v) is 6.90. The number of carbonyl (C=O) groups excluding carboxylic acids is 2. The van der Waals surface area contributed by atoms with E-state index in [1.54, 1.807) is 40.7 Å². The lowest BCUT2D eigenvalue weighted by molar-refractivity contribution is -0.158. The van der Waals surface area contributed by atoms with Gasteiger partial charge in [-0.15, -0.1) is 0 Å². The highest BCUT2D eigenvalue weighted by Gasteiger charge is 2.29. The van der Waals surface area contributed by atoms with Gasteiger partial charge in [0.15, 0.2) is 0 Å². The average molecular weight is 295 g/mol. The van der Waals surface area contributed by atoms with Crippen LogP contribution in [0.2, 0.25) is 0 Å². The minimum Gasteiger partial charge on any atom is -0.458 e. The Labute approximate surface area is 124 Å². The van der Waals surface area contributed by atoms with Crippen LogP contribution in [0.25, 0.3) is 0 Å². The van der Waals surface area contributed by atoms with Crippen molar-refractivity contribution in [1.82, 2.24) is 5.32 Å². The first kappa shape index (κ1) is 17.1. The monoisotopic (exact) mass is 295 g/mol. The van der Waals surface area contributed by atoms with Crippen LogP contribution in [0.15, 0.2) is 24.3 Å². The Bertz CT molecular complexity index is 520. The van der Waals surface area contributed by atoms with Gasteiger partial charge in [0, 0.05) is 0 Å². The Hall–Kier alpha value is -1.91. The van der Waals surface area contributed by atoms with E-state index in [2.05, 4.69) is 5.32 Å². The molecule has 0 saturated heterocycles. The summed E-state index contributed by atoms with van der Waals surface area (Å²) in [5, 5.41) is 2.54. The Morgan fingerprint density at radius 3 is 2.24 bits per heavy atom. The highest BCUT2D eigenvalue weighted by atomic mass is 19.1. The van der Waals surface area contributed by atoms with E-state index in [0.29, 0.717) is 0 Å². The maximum absolute atomic E-state index is 13.6. The van der Waals surface area contributed by atoms with E-state index < -0.39 is 29.3 Å². The lowest BCUT2D eigenvalue weighted by Crippen LogP contribution is -2.47. The molecule has 1 amide bonds. The van der Waals surface area contributed by atoms with E-state index in [-0.39, 0.29) is 11.5 Å². The van der Waals surface area contributed by atoms with E-state index in [0.717, 1.165) is 0 Å². The molecule has 5 heteroatoms. The Morgan fingerprint density at radius 1 is 1.19 bits per heavy atom. The molecule has 0 aliphatic heterocycles. The van der Waals surface area contributed by atoms with Gasteiger partial charge in [-0.25, -0.2) is 9.18 Å². The number of halogens is 1. The molecule has 0 aliphatic rings. The van der Waals surface area contributed by atoms with Crippen molar-refractivity contribution >= 4 is 11.9 Å². The second-order valence-electron chi connectivity index (χ2n) is 6.21. The van der Waals surface area contributed by atoms with Crippen molar-refractivity contribution in [1.29, 1.82) is 0 Å². The first-order chi connectivity index (χ1) is 9.61. The summed E-state index contributed by atoms with van der Waals surface area (Å²) in [5.41, 5.74) is -0.737. The first-order valence-electron chi connectivity index (χ1n) is 6.90. The van der Waals surface area contributed by atoms with E-state index in [1.807, 2.05) is 0 Å². The SMILES string of the molecule is CC(C)[C@H](NC(=O)c1ccccc1F)C(=O)OC(C)(C)C. The van der Waals surface area contributed by atoms with Crippen LogP contribution in [0.3, 0.4) is 0 Å². The third-order valence-electron chi connectivity index (χ3n) is 2.73. The maximum Gasteiger partial charge on any atom is 0.329 e. The molecule has 0 heterocycles. The third kappa shape index (κ3) is 5.17. The van der Waals surface area contributed by atoms with E-state index in [4.69, 9.17) is 4.74 Å². The molecule has 0 aromatic heterocycles. The minimum atomic E-state index is -0.823. The fourth-order valence-electron chi connectivity index (χ4n) is 1.73. The van der Waals surface area contributed by atoms with Gasteiger partial charge in [0.1, 0.15) is 17.5 Å². The zero-order valence-electron chi connectivity index (χ0n) is 13.1. The van der Waals surface area contributed by atoms with Crippen LogP contribution in [-0.2, 0) is 9.53 Å². The Morgan fingerprint density at radius 2 is 1.76 bits per heavy atom. The number of carbonyl (C=O) groups is 2. The van der Waals surface area contributed by atoms with Crippen molar-refractivity contribution in [3.63, 3.8) is 0 Å². The zero-order valence-corrected chi connectivity index (χ0v) is 13.1. The quantitative estimate of drug-likeness (QED) is 0.869.